The predicted octanol–water partition coefficient (Wildman–Crippen LogP) is 3.12. The Balaban J connectivity index is 2.23. The molecule has 3 aromatic rings. The van der Waals surface area contributed by atoms with Gasteiger partial charge in [-0.25, -0.2) is 4.98 Å². The molecule has 0 atom stereocenters. The van der Waals surface area contributed by atoms with E-state index in [9.17, 15) is 0 Å². The Morgan fingerprint density at radius 2 is 2.31 bits per heavy atom. The predicted molar refractivity (Wildman–Crippen MR) is 56.4 cm³/mol. The first-order valence-corrected chi connectivity index (χ1v) is 5.70. The van der Waals surface area contributed by atoms with E-state index in [1.165, 1.54) is 5.56 Å². The third-order valence-electron chi connectivity index (χ3n) is 1.91. The van der Waals surface area contributed by atoms with Crippen LogP contribution in [-0.2, 0) is 0 Å². The minimum absolute atomic E-state index is 1.06. The highest BCUT2D eigenvalue weighted by Gasteiger charge is 2.04. The normalized spacial score (nSPS) is 11.1. The van der Waals surface area contributed by atoms with Gasteiger partial charge in [-0.15, -0.1) is 11.3 Å². The first-order valence-electron chi connectivity index (χ1n) is 3.88. The van der Waals surface area contributed by atoms with Crippen molar-refractivity contribution in [2.24, 2.45) is 0 Å². The van der Waals surface area contributed by atoms with Crippen molar-refractivity contribution in [3.63, 3.8) is 0 Å². The van der Waals surface area contributed by atoms with Crippen molar-refractivity contribution in [1.29, 1.82) is 0 Å². The summed E-state index contributed by atoms with van der Waals surface area (Å²) in [7, 11) is 0. The number of aromatic nitrogens is 2. The van der Waals surface area contributed by atoms with Gasteiger partial charge in [0.2, 0.25) is 0 Å². The summed E-state index contributed by atoms with van der Waals surface area (Å²) < 4.78 is 2.05. The summed E-state index contributed by atoms with van der Waals surface area (Å²) >= 11 is 3.36. The summed E-state index contributed by atoms with van der Waals surface area (Å²) in [6.45, 7) is 0. The zero-order valence-electron chi connectivity index (χ0n) is 6.68. The van der Waals surface area contributed by atoms with Crippen LogP contribution in [0.1, 0.15) is 0 Å². The first kappa shape index (κ1) is 7.29. The van der Waals surface area contributed by atoms with Crippen molar-refractivity contribution < 1.29 is 0 Å². The van der Waals surface area contributed by atoms with Gasteiger partial charge in [-0.3, -0.25) is 4.40 Å². The topological polar surface area (TPSA) is 17.3 Å². The van der Waals surface area contributed by atoms with Crippen LogP contribution in [0.4, 0.5) is 0 Å². The van der Waals surface area contributed by atoms with Gasteiger partial charge in [0.1, 0.15) is 0 Å². The number of nitrogens with zero attached hydrogens (tertiary/aromatic N) is 2. The fraction of sp³-hybridized carbons (Fsp3) is 0. The van der Waals surface area contributed by atoms with Gasteiger partial charge in [-0.05, 0) is 11.4 Å². The highest BCUT2D eigenvalue weighted by Crippen LogP contribution is 2.23. The van der Waals surface area contributed by atoms with Crippen molar-refractivity contribution >= 4 is 27.6 Å². The average molecular weight is 206 g/mol. The number of thiazole rings is 1. The maximum absolute atomic E-state index is 4.50. The van der Waals surface area contributed by atoms with Crippen LogP contribution in [-0.4, -0.2) is 9.38 Å². The molecule has 3 rings (SSSR count). The number of hydrogen-bond donors (Lipinski definition) is 0. The molecular weight excluding hydrogens is 200 g/mol. The van der Waals surface area contributed by atoms with Crippen molar-refractivity contribution in [2.45, 2.75) is 0 Å². The molecule has 4 heteroatoms. The van der Waals surface area contributed by atoms with Gasteiger partial charge in [0.05, 0.1) is 5.69 Å². The third kappa shape index (κ3) is 1.10. The fourth-order valence-electron chi connectivity index (χ4n) is 1.28. The quantitative estimate of drug-likeness (QED) is 0.598. The first-order chi connectivity index (χ1) is 6.43. The molecule has 0 saturated carbocycles. The van der Waals surface area contributed by atoms with E-state index in [-0.39, 0.29) is 0 Å². The zero-order valence-corrected chi connectivity index (χ0v) is 8.31. The average Bonchev–Trinajstić information content (AvgIpc) is 2.78. The standard InChI is InChI=1S/C9H6N2S2/c1-3-12-6-7(1)8-5-11-2-4-13-9(11)10-8/h1-6H. The molecule has 0 saturated heterocycles. The molecule has 0 fully saturated rings. The number of imidazole rings is 1. The molecule has 0 spiro atoms. The summed E-state index contributed by atoms with van der Waals surface area (Å²) in [5.74, 6) is 0. The van der Waals surface area contributed by atoms with Crippen LogP contribution in [0.3, 0.4) is 0 Å². The van der Waals surface area contributed by atoms with Crippen LogP contribution < -0.4 is 0 Å². The van der Waals surface area contributed by atoms with Crippen molar-refractivity contribution in [1.82, 2.24) is 9.38 Å². The zero-order chi connectivity index (χ0) is 8.67. The summed E-state index contributed by atoms with van der Waals surface area (Å²) in [5, 5.41) is 6.23. The lowest BCUT2D eigenvalue weighted by Gasteiger charge is -1.85. The Labute approximate surface area is 83.1 Å². The molecular formula is C9H6N2S2. The highest BCUT2D eigenvalue weighted by atomic mass is 32.1. The summed E-state index contributed by atoms with van der Waals surface area (Å²) in [4.78, 5) is 5.56. The van der Waals surface area contributed by atoms with E-state index in [0.717, 1.165) is 10.7 Å². The number of fused-ring (bicyclic) bond motifs is 1. The molecule has 0 aliphatic heterocycles. The number of thiophene rings is 1. The maximum atomic E-state index is 4.50. The smallest absolute Gasteiger partial charge is 0.194 e. The molecule has 0 N–H and O–H groups in total. The summed E-state index contributed by atoms with van der Waals surface area (Å²) in [6.07, 6.45) is 4.09. The van der Waals surface area contributed by atoms with Crippen LogP contribution >= 0.6 is 22.7 Å². The number of rotatable bonds is 1. The molecule has 13 heavy (non-hydrogen) atoms. The molecule has 0 aromatic carbocycles. The van der Waals surface area contributed by atoms with Crippen LogP contribution in [0.5, 0.6) is 0 Å². The lowest BCUT2D eigenvalue weighted by Crippen LogP contribution is -1.69. The van der Waals surface area contributed by atoms with E-state index >= 15 is 0 Å². The third-order valence-corrected chi connectivity index (χ3v) is 3.36. The van der Waals surface area contributed by atoms with Crippen molar-refractivity contribution in [3.05, 3.63) is 34.6 Å². The van der Waals surface area contributed by atoms with Gasteiger partial charge in [0, 0.05) is 28.7 Å². The van der Waals surface area contributed by atoms with Crippen molar-refractivity contribution in [3.8, 4) is 11.3 Å². The second kappa shape index (κ2) is 2.68. The van der Waals surface area contributed by atoms with E-state index in [4.69, 9.17) is 0 Å². The second-order valence-corrected chi connectivity index (χ2v) is 4.38. The Bertz CT molecular complexity index is 490. The SMILES string of the molecule is c1cc(-c2cn3ccsc3n2)cs1. The highest BCUT2D eigenvalue weighted by molar-refractivity contribution is 7.15. The molecule has 2 nitrogen and oxygen atoms in total. The van der Waals surface area contributed by atoms with Gasteiger partial charge < -0.3 is 0 Å². The monoisotopic (exact) mass is 206 g/mol. The van der Waals surface area contributed by atoms with Crippen molar-refractivity contribution in [2.75, 3.05) is 0 Å². The molecule has 64 valence electrons. The maximum Gasteiger partial charge on any atom is 0.194 e. The van der Waals surface area contributed by atoms with Crippen LogP contribution in [0.15, 0.2) is 34.6 Å². The minimum Gasteiger partial charge on any atom is -0.297 e. The Kier molecular flexibility index (Phi) is 1.50. The molecule has 3 aromatic heterocycles. The van der Waals surface area contributed by atoms with Gasteiger partial charge >= 0.3 is 0 Å². The lowest BCUT2D eigenvalue weighted by molar-refractivity contribution is 1.23. The summed E-state index contributed by atoms with van der Waals surface area (Å²) in [5.41, 5.74) is 2.27. The molecule has 0 radical (unpaired) electrons. The van der Waals surface area contributed by atoms with Crippen LogP contribution in [0, 0.1) is 0 Å². The van der Waals surface area contributed by atoms with Gasteiger partial charge in [0.25, 0.3) is 0 Å². The van der Waals surface area contributed by atoms with Gasteiger partial charge in [0.15, 0.2) is 4.96 Å². The van der Waals surface area contributed by atoms with Gasteiger partial charge in [-0.2, -0.15) is 11.3 Å². The molecule has 0 unspecified atom stereocenters. The van der Waals surface area contributed by atoms with Crippen LogP contribution in [0.25, 0.3) is 16.2 Å². The molecule has 0 bridgehead atoms. The van der Waals surface area contributed by atoms with Gasteiger partial charge in [-0.1, -0.05) is 0 Å². The molecule has 0 amide bonds. The summed E-state index contributed by atoms with van der Waals surface area (Å²) in [6, 6.07) is 2.09. The lowest BCUT2D eigenvalue weighted by atomic mass is 10.3. The second-order valence-electron chi connectivity index (χ2n) is 2.73. The Hall–Kier alpha value is -1.13. The largest absolute Gasteiger partial charge is 0.297 e. The van der Waals surface area contributed by atoms with Crippen LogP contribution in [0.2, 0.25) is 0 Å². The van der Waals surface area contributed by atoms with E-state index in [1.54, 1.807) is 22.7 Å². The number of hydrogen-bond acceptors (Lipinski definition) is 3. The minimum atomic E-state index is 1.06. The van der Waals surface area contributed by atoms with E-state index in [0.29, 0.717) is 0 Å². The molecule has 3 heterocycles. The van der Waals surface area contributed by atoms with E-state index < -0.39 is 0 Å². The molecule has 0 aliphatic rings. The Morgan fingerprint density at radius 1 is 1.31 bits per heavy atom. The Morgan fingerprint density at radius 3 is 3.08 bits per heavy atom. The fourth-order valence-corrected chi connectivity index (χ4v) is 2.63. The molecule has 0 aliphatic carbocycles. The van der Waals surface area contributed by atoms with E-state index in [2.05, 4.69) is 32.4 Å². The van der Waals surface area contributed by atoms with E-state index in [1.807, 2.05) is 11.6 Å².